The smallest absolute Gasteiger partial charge is 0.359 e. The highest BCUT2D eigenvalue weighted by Crippen LogP contribution is 2.19. The van der Waals surface area contributed by atoms with Crippen LogP contribution in [-0.4, -0.2) is 63.5 Å². The van der Waals surface area contributed by atoms with Crippen molar-refractivity contribution in [1.82, 2.24) is 0 Å². The maximum absolute atomic E-state index is 11.8. The van der Waals surface area contributed by atoms with Crippen LogP contribution in [-0.2, 0) is 38.1 Å². The maximum atomic E-state index is 11.8. The second kappa shape index (κ2) is 11.4. The van der Waals surface area contributed by atoms with Crippen LogP contribution < -0.4 is 9.47 Å². The zero-order valence-electron chi connectivity index (χ0n) is 16.0. The van der Waals surface area contributed by atoms with E-state index in [1.165, 1.54) is 38.3 Å². The van der Waals surface area contributed by atoms with Crippen molar-refractivity contribution in [3.05, 3.63) is 24.3 Å². The highest BCUT2D eigenvalue weighted by Gasteiger charge is 2.31. The van der Waals surface area contributed by atoms with Gasteiger partial charge < -0.3 is 28.4 Å². The third kappa shape index (κ3) is 7.14. The summed E-state index contributed by atoms with van der Waals surface area (Å²) in [6.07, 6.45) is -2.61. The van der Waals surface area contributed by atoms with E-state index in [1.54, 1.807) is 6.92 Å². The molecule has 0 aromatic heterocycles. The Hall–Kier alpha value is -3.30. The van der Waals surface area contributed by atoms with E-state index in [0.717, 1.165) is 7.11 Å². The standard InChI is InChI=1S/C18H22O10/c1-5-25-18(22)15(17(21)24-4)28-13-8-6-12(7-9-13)26-10-14(19)27-11(2)16(20)23-3/h6-9,11,15H,5,10H2,1-4H3. The summed E-state index contributed by atoms with van der Waals surface area (Å²) in [5.74, 6) is -2.75. The predicted octanol–water partition coefficient (Wildman–Crippen LogP) is 0.654. The van der Waals surface area contributed by atoms with Gasteiger partial charge in [-0.1, -0.05) is 0 Å². The average Bonchev–Trinajstić information content (AvgIpc) is 2.70. The zero-order chi connectivity index (χ0) is 21.1. The lowest BCUT2D eigenvalue weighted by molar-refractivity contribution is -0.165. The molecule has 1 aromatic carbocycles. The topological polar surface area (TPSA) is 124 Å². The van der Waals surface area contributed by atoms with E-state index in [-0.39, 0.29) is 12.4 Å². The first-order chi connectivity index (χ1) is 13.3. The van der Waals surface area contributed by atoms with Gasteiger partial charge in [-0.25, -0.2) is 19.2 Å². The van der Waals surface area contributed by atoms with Gasteiger partial charge in [0.2, 0.25) is 0 Å². The summed E-state index contributed by atoms with van der Waals surface area (Å²) >= 11 is 0. The lowest BCUT2D eigenvalue weighted by atomic mass is 10.3. The van der Waals surface area contributed by atoms with Crippen molar-refractivity contribution < 1.29 is 47.6 Å². The lowest BCUT2D eigenvalue weighted by Crippen LogP contribution is -2.38. The minimum atomic E-state index is -1.56. The van der Waals surface area contributed by atoms with Gasteiger partial charge in [0.15, 0.2) is 12.7 Å². The Bertz CT molecular complexity index is 682. The SMILES string of the molecule is CCOC(=O)C(Oc1ccc(OCC(=O)OC(C)C(=O)OC)cc1)C(=O)OC. The molecule has 2 atom stereocenters. The van der Waals surface area contributed by atoms with Gasteiger partial charge >= 0.3 is 23.9 Å². The molecule has 1 aromatic rings. The third-order valence-electron chi connectivity index (χ3n) is 3.19. The van der Waals surface area contributed by atoms with E-state index < -0.39 is 42.7 Å². The molecule has 10 heteroatoms. The summed E-state index contributed by atoms with van der Waals surface area (Å²) in [4.78, 5) is 46.3. The van der Waals surface area contributed by atoms with Crippen LogP contribution in [0.2, 0.25) is 0 Å². The van der Waals surface area contributed by atoms with Crippen LogP contribution in [0.25, 0.3) is 0 Å². The maximum Gasteiger partial charge on any atom is 0.359 e. The molecule has 10 nitrogen and oxygen atoms in total. The molecule has 28 heavy (non-hydrogen) atoms. The molecule has 0 fully saturated rings. The molecule has 0 radical (unpaired) electrons. The predicted molar refractivity (Wildman–Crippen MR) is 92.6 cm³/mol. The molecule has 0 aliphatic heterocycles. The highest BCUT2D eigenvalue weighted by atomic mass is 16.6. The van der Waals surface area contributed by atoms with Crippen LogP contribution >= 0.6 is 0 Å². The summed E-state index contributed by atoms with van der Waals surface area (Å²) in [5.41, 5.74) is 0. The van der Waals surface area contributed by atoms with Crippen molar-refractivity contribution in [1.29, 1.82) is 0 Å². The second-order valence-corrected chi connectivity index (χ2v) is 5.19. The molecule has 154 valence electrons. The van der Waals surface area contributed by atoms with Crippen molar-refractivity contribution in [2.24, 2.45) is 0 Å². The molecule has 0 saturated heterocycles. The summed E-state index contributed by atoms with van der Waals surface area (Å²) < 4.78 is 29.1. The van der Waals surface area contributed by atoms with Crippen LogP contribution in [0.5, 0.6) is 11.5 Å². The van der Waals surface area contributed by atoms with Gasteiger partial charge in [0.25, 0.3) is 6.10 Å². The number of hydrogen-bond acceptors (Lipinski definition) is 10. The Morgan fingerprint density at radius 2 is 1.46 bits per heavy atom. The van der Waals surface area contributed by atoms with Crippen LogP contribution in [0.1, 0.15) is 13.8 Å². The molecule has 0 heterocycles. The first-order valence-electron chi connectivity index (χ1n) is 8.23. The number of hydrogen-bond donors (Lipinski definition) is 0. The first kappa shape index (κ1) is 22.7. The Morgan fingerprint density at radius 3 is 2.00 bits per heavy atom. The molecule has 0 N–H and O–H groups in total. The minimum absolute atomic E-state index is 0.0765. The van der Waals surface area contributed by atoms with Crippen molar-refractivity contribution in [2.45, 2.75) is 26.1 Å². The Balaban J connectivity index is 2.62. The third-order valence-corrected chi connectivity index (χ3v) is 3.19. The van der Waals surface area contributed by atoms with Gasteiger partial charge in [-0.3, -0.25) is 0 Å². The fourth-order valence-electron chi connectivity index (χ4n) is 1.86. The van der Waals surface area contributed by atoms with Gasteiger partial charge in [-0.15, -0.1) is 0 Å². The fourth-order valence-corrected chi connectivity index (χ4v) is 1.86. The molecule has 0 aliphatic carbocycles. The van der Waals surface area contributed by atoms with E-state index in [4.69, 9.17) is 18.9 Å². The van der Waals surface area contributed by atoms with E-state index in [2.05, 4.69) is 9.47 Å². The number of carbonyl (C=O) groups excluding carboxylic acids is 4. The molecule has 0 bridgehead atoms. The lowest BCUT2D eigenvalue weighted by Gasteiger charge is -2.16. The summed E-state index contributed by atoms with van der Waals surface area (Å²) in [5, 5.41) is 0. The largest absolute Gasteiger partial charge is 0.482 e. The molecular formula is C18H22O10. The molecular weight excluding hydrogens is 376 g/mol. The van der Waals surface area contributed by atoms with Gasteiger partial charge in [0.1, 0.15) is 11.5 Å². The second-order valence-electron chi connectivity index (χ2n) is 5.19. The normalized spacial score (nSPS) is 12.1. The average molecular weight is 398 g/mol. The highest BCUT2D eigenvalue weighted by molar-refractivity contribution is 5.98. The molecule has 0 saturated carbocycles. The van der Waals surface area contributed by atoms with E-state index in [1.807, 2.05) is 0 Å². The number of esters is 4. The summed E-state index contributed by atoms with van der Waals surface area (Å²) in [6, 6.07) is 5.75. The van der Waals surface area contributed by atoms with Gasteiger partial charge in [0, 0.05) is 0 Å². The van der Waals surface area contributed by atoms with E-state index in [0.29, 0.717) is 5.75 Å². The van der Waals surface area contributed by atoms with Crippen LogP contribution in [0, 0.1) is 0 Å². The fraction of sp³-hybridized carbons (Fsp3) is 0.444. The monoisotopic (exact) mass is 398 g/mol. The molecule has 0 aliphatic rings. The van der Waals surface area contributed by atoms with Crippen molar-refractivity contribution >= 4 is 23.9 Å². The summed E-state index contributed by atoms with van der Waals surface area (Å²) in [6.45, 7) is 2.61. The van der Waals surface area contributed by atoms with Crippen LogP contribution in [0.3, 0.4) is 0 Å². The van der Waals surface area contributed by atoms with Crippen LogP contribution in [0.15, 0.2) is 24.3 Å². The Morgan fingerprint density at radius 1 is 0.893 bits per heavy atom. The zero-order valence-corrected chi connectivity index (χ0v) is 16.0. The number of methoxy groups -OCH3 is 2. The number of rotatable bonds is 10. The van der Waals surface area contributed by atoms with Gasteiger partial charge in [0.05, 0.1) is 20.8 Å². The number of benzene rings is 1. The molecule has 1 rings (SSSR count). The first-order valence-corrected chi connectivity index (χ1v) is 8.23. The van der Waals surface area contributed by atoms with Crippen molar-refractivity contribution in [2.75, 3.05) is 27.4 Å². The van der Waals surface area contributed by atoms with E-state index in [9.17, 15) is 19.2 Å². The number of ether oxygens (including phenoxy) is 6. The Labute approximate surface area is 161 Å². The molecule has 2 unspecified atom stereocenters. The molecule has 0 amide bonds. The minimum Gasteiger partial charge on any atom is -0.482 e. The number of carbonyl (C=O) groups is 4. The van der Waals surface area contributed by atoms with Crippen molar-refractivity contribution in [3.63, 3.8) is 0 Å². The van der Waals surface area contributed by atoms with Crippen molar-refractivity contribution in [3.8, 4) is 11.5 Å². The Kier molecular flexibility index (Phi) is 9.28. The van der Waals surface area contributed by atoms with Gasteiger partial charge in [-0.05, 0) is 38.1 Å². The van der Waals surface area contributed by atoms with E-state index >= 15 is 0 Å². The van der Waals surface area contributed by atoms with Crippen LogP contribution in [0.4, 0.5) is 0 Å². The quantitative estimate of drug-likeness (QED) is 0.315. The van der Waals surface area contributed by atoms with Gasteiger partial charge in [-0.2, -0.15) is 0 Å². The summed E-state index contributed by atoms with van der Waals surface area (Å²) in [7, 11) is 2.30. The molecule has 0 spiro atoms.